The van der Waals surface area contributed by atoms with Gasteiger partial charge in [0, 0.05) is 32.2 Å². The first-order valence-corrected chi connectivity index (χ1v) is 14.1. The lowest BCUT2D eigenvalue weighted by Gasteiger charge is -2.35. The molecule has 4 aliphatic rings. The first-order chi connectivity index (χ1) is 17.1. The van der Waals surface area contributed by atoms with Gasteiger partial charge in [-0.05, 0) is 74.5 Å². The quantitative estimate of drug-likeness (QED) is 0.600. The van der Waals surface area contributed by atoms with E-state index in [0.29, 0.717) is 17.9 Å². The summed E-state index contributed by atoms with van der Waals surface area (Å²) in [6.45, 7) is 6.09. The zero-order valence-electron chi connectivity index (χ0n) is 21.7. The molecule has 2 aliphatic heterocycles. The second-order valence-electron chi connectivity index (χ2n) is 11.5. The fraction of sp³-hybridized carbons (Fsp3) is 0.724. The molecule has 1 aromatic rings. The number of likely N-dealkylation sites (tertiary alicyclic amines) is 2. The molecule has 2 N–H and O–H groups in total. The van der Waals surface area contributed by atoms with E-state index in [1.807, 2.05) is 14.0 Å². The summed E-state index contributed by atoms with van der Waals surface area (Å²) in [6.07, 6.45) is 9.85. The molecule has 0 spiro atoms. The van der Waals surface area contributed by atoms with Gasteiger partial charge in [0.2, 0.25) is 11.8 Å². The van der Waals surface area contributed by atoms with Crippen LogP contribution in [0.25, 0.3) is 0 Å². The lowest BCUT2D eigenvalue weighted by molar-refractivity contribution is -0.139. The number of rotatable bonds is 8. The van der Waals surface area contributed by atoms with Crippen molar-refractivity contribution < 1.29 is 9.59 Å². The Morgan fingerprint density at radius 3 is 2.40 bits per heavy atom. The van der Waals surface area contributed by atoms with Crippen LogP contribution >= 0.6 is 0 Å². The molecule has 2 amide bonds. The molecule has 0 aromatic heterocycles. The van der Waals surface area contributed by atoms with Gasteiger partial charge in [-0.2, -0.15) is 0 Å². The maximum Gasteiger partial charge on any atom is 0.245 e. The van der Waals surface area contributed by atoms with E-state index in [1.54, 1.807) is 0 Å². The van der Waals surface area contributed by atoms with Crippen LogP contribution in [0.4, 0.5) is 0 Å². The Hall–Kier alpha value is -1.92. The number of amides is 2. The van der Waals surface area contributed by atoms with Gasteiger partial charge in [-0.3, -0.25) is 9.59 Å². The van der Waals surface area contributed by atoms with E-state index < -0.39 is 0 Å². The third-order valence-corrected chi connectivity index (χ3v) is 9.32. The summed E-state index contributed by atoms with van der Waals surface area (Å²) < 4.78 is 0. The topological polar surface area (TPSA) is 64.7 Å². The molecule has 2 aliphatic carbocycles. The highest BCUT2D eigenvalue weighted by molar-refractivity contribution is 5.90. The van der Waals surface area contributed by atoms with Crippen LogP contribution < -0.4 is 10.6 Å². The van der Waals surface area contributed by atoms with Crippen molar-refractivity contribution in [2.75, 3.05) is 33.2 Å². The summed E-state index contributed by atoms with van der Waals surface area (Å²) in [5, 5.41) is 6.33. The Bertz CT molecular complexity index is 869. The molecule has 35 heavy (non-hydrogen) atoms. The number of hydrogen-bond acceptors (Lipinski definition) is 4. The van der Waals surface area contributed by atoms with Crippen LogP contribution in [0.5, 0.6) is 0 Å². The second-order valence-corrected chi connectivity index (χ2v) is 11.5. The van der Waals surface area contributed by atoms with Gasteiger partial charge < -0.3 is 20.4 Å². The molecular weight excluding hydrogens is 436 g/mol. The Labute approximate surface area is 211 Å². The van der Waals surface area contributed by atoms with Crippen molar-refractivity contribution in [3.63, 3.8) is 0 Å². The lowest BCUT2D eigenvalue weighted by Crippen LogP contribution is -2.57. The molecule has 0 bridgehead atoms. The number of fused-ring (bicyclic) bond motifs is 2. The highest BCUT2D eigenvalue weighted by Crippen LogP contribution is 2.36. The zero-order chi connectivity index (χ0) is 24.4. The second kappa shape index (κ2) is 11.0. The van der Waals surface area contributed by atoms with E-state index in [9.17, 15) is 9.59 Å². The van der Waals surface area contributed by atoms with Crippen molar-refractivity contribution in [1.29, 1.82) is 0 Å². The van der Waals surface area contributed by atoms with E-state index in [4.69, 9.17) is 0 Å². The molecule has 5 rings (SSSR count). The molecule has 3 fully saturated rings. The lowest BCUT2D eigenvalue weighted by atomic mass is 9.83. The first-order valence-electron chi connectivity index (χ1n) is 14.1. The number of nitrogens with zero attached hydrogens (tertiary/aromatic N) is 2. The molecule has 192 valence electrons. The Balaban J connectivity index is 1.23. The van der Waals surface area contributed by atoms with Gasteiger partial charge in [0.25, 0.3) is 0 Å². The molecule has 0 unspecified atom stereocenters. The minimum Gasteiger partial charge on any atom is -0.343 e. The number of carbonyl (C=O) groups excluding carboxylic acids is 2. The maximum atomic E-state index is 14.0. The molecule has 0 radical (unpaired) electrons. The number of nitrogens with one attached hydrogen (secondary N) is 2. The molecule has 6 nitrogen and oxygen atoms in total. The fourth-order valence-electron chi connectivity index (χ4n) is 7.42. The normalized spacial score (nSPS) is 27.0. The molecule has 2 heterocycles. The van der Waals surface area contributed by atoms with Gasteiger partial charge in [-0.15, -0.1) is 0 Å². The Kier molecular flexibility index (Phi) is 7.78. The van der Waals surface area contributed by atoms with Gasteiger partial charge in [-0.1, -0.05) is 50.5 Å². The predicted molar refractivity (Wildman–Crippen MR) is 139 cm³/mol. The van der Waals surface area contributed by atoms with Crippen molar-refractivity contribution in [3.8, 4) is 0 Å². The van der Waals surface area contributed by atoms with Crippen LogP contribution in [-0.4, -0.2) is 73.0 Å². The van der Waals surface area contributed by atoms with Crippen LogP contribution in [0.2, 0.25) is 0 Å². The van der Waals surface area contributed by atoms with Crippen molar-refractivity contribution in [3.05, 3.63) is 35.4 Å². The monoisotopic (exact) mass is 480 g/mol. The summed E-state index contributed by atoms with van der Waals surface area (Å²) in [5.41, 5.74) is 3.04. The van der Waals surface area contributed by atoms with E-state index in [1.165, 1.54) is 30.4 Å². The minimum absolute atomic E-state index is 0.0245. The standard InChI is InChI=1S/C29H44N4O2/c1-3-25(30-2)28(34)31-27(21-9-5-4-6-10-21)29(35)33-14-13-24-18-32(19-26(24)33)17-20-15-22-11-7-8-12-23(22)16-20/h7-8,11-12,20-21,24-27,30H,3-6,9-10,13-19H2,1-2H3,(H,31,34)/t24-,25-,26+,27-/m0/s1. The van der Waals surface area contributed by atoms with E-state index in [0.717, 1.165) is 64.7 Å². The summed E-state index contributed by atoms with van der Waals surface area (Å²) in [4.78, 5) is 31.8. The van der Waals surface area contributed by atoms with Crippen molar-refractivity contribution in [1.82, 2.24) is 20.4 Å². The molecule has 6 heteroatoms. The highest BCUT2D eigenvalue weighted by Gasteiger charge is 2.46. The zero-order valence-corrected chi connectivity index (χ0v) is 21.7. The Morgan fingerprint density at radius 2 is 1.74 bits per heavy atom. The van der Waals surface area contributed by atoms with Crippen molar-refractivity contribution in [2.45, 2.75) is 82.8 Å². The predicted octanol–water partition coefficient (Wildman–Crippen LogP) is 3.00. The van der Waals surface area contributed by atoms with Gasteiger partial charge in [0.1, 0.15) is 6.04 Å². The summed E-state index contributed by atoms with van der Waals surface area (Å²) >= 11 is 0. The molecule has 2 saturated heterocycles. The number of hydrogen-bond donors (Lipinski definition) is 2. The summed E-state index contributed by atoms with van der Waals surface area (Å²) in [6, 6.07) is 8.58. The van der Waals surface area contributed by atoms with Gasteiger partial charge in [0.05, 0.1) is 6.04 Å². The van der Waals surface area contributed by atoms with Crippen LogP contribution in [0.1, 0.15) is 63.0 Å². The van der Waals surface area contributed by atoms with Crippen LogP contribution in [0, 0.1) is 17.8 Å². The molecular formula is C29H44N4O2. The number of likely N-dealkylation sites (N-methyl/N-ethyl adjacent to an activating group) is 1. The average molecular weight is 481 g/mol. The molecule has 1 saturated carbocycles. The van der Waals surface area contributed by atoms with Crippen molar-refractivity contribution in [2.24, 2.45) is 17.8 Å². The molecule has 1 aromatic carbocycles. The van der Waals surface area contributed by atoms with Crippen LogP contribution in [0.15, 0.2) is 24.3 Å². The fourth-order valence-corrected chi connectivity index (χ4v) is 7.42. The number of benzene rings is 1. The van der Waals surface area contributed by atoms with Crippen LogP contribution in [-0.2, 0) is 22.4 Å². The third kappa shape index (κ3) is 5.29. The molecule has 4 atom stereocenters. The average Bonchev–Trinajstić information content (AvgIpc) is 3.57. The largest absolute Gasteiger partial charge is 0.343 e. The van der Waals surface area contributed by atoms with Gasteiger partial charge >= 0.3 is 0 Å². The number of carbonyl (C=O) groups is 2. The van der Waals surface area contributed by atoms with Gasteiger partial charge in [0.15, 0.2) is 0 Å². The van der Waals surface area contributed by atoms with E-state index in [2.05, 4.69) is 44.7 Å². The van der Waals surface area contributed by atoms with Crippen LogP contribution in [0.3, 0.4) is 0 Å². The third-order valence-electron chi connectivity index (χ3n) is 9.32. The smallest absolute Gasteiger partial charge is 0.245 e. The van der Waals surface area contributed by atoms with E-state index >= 15 is 0 Å². The first kappa shape index (κ1) is 24.8. The summed E-state index contributed by atoms with van der Waals surface area (Å²) in [7, 11) is 1.83. The minimum atomic E-state index is -0.373. The highest BCUT2D eigenvalue weighted by atomic mass is 16.2. The van der Waals surface area contributed by atoms with Gasteiger partial charge in [-0.25, -0.2) is 0 Å². The van der Waals surface area contributed by atoms with Crippen molar-refractivity contribution >= 4 is 11.8 Å². The SMILES string of the molecule is CC[C@H](NC)C(=O)N[C@H](C(=O)N1CC[C@H]2CN(CC3Cc4ccccc4C3)C[C@H]21)C1CCCCC1. The maximum absolute atomic E-state index is 14.0. The van der Waals surface area contributed by atoms with E-state index in [-0.39, 0.29) is 29.8 Å². The Morgan fingerprint density at radius 1 is 1.03 bits per heavy atom. The summed E-state index contributed by atoms with van der Waals surface area (Å²) in [5.74, 6) is 1.69.